The molecule has 1 aliphatic heterocycles. The van der Waals surface area contributed by atoms with Crippen LogP contribution in [0.25, 0.3) is 5.69 Å². The largest absolute Gasteiger partial charge is 0.324 e. The van der Waals surface area contributed by atoms with E-state index >= 15 is 0 Å². The monoisotopic (exact) mass is 324 g/mol. The minimum atomic E-state index is -0.0324. The maximum Gasteiger partial charge on any atom is 0.321 e. The smallest absolute Gasteiger partial charge is 0.321 e. The first-order chi connectivity index (χ1) is 11.7. The van der Waals surface area contributed by atoms with Crippen LogP contribution in [0.5, 0.6) is 0 Å². The molecule has 24 heavy (non-hydrogen) atoms. The predicted molar refractivity (Wildman–Crippen MR) is 89.8 cm³/mol. The molecule has 2 aromatic rings. The minimum absolute atomic E-state index is 0.0324. The fourth-order valence-electron chi connectivity index (χ4n) is 3.57. The number of anilines is 1. The third kappa shape index (κ3) is 2.77. The summed E-state index contributed by atoms with van der Waals surface area (Å²) < 4.78 is 1.64. The van der Waals surface area contributed by atoms with Crippen LogP contribution in [0.4, 0.5) is 10.5 Å². The molecule has 2 aliphatic rings. The molecule has 1 aromatic heterocycles. The molecule has 4 rings (SSSR count). The Kier molecular flexibility index (Phi) is 3.76. The van der Waals surface area contributed by atoms with Crippen LogP contribution in [-0.2, 0) is 0 Å². The van der Waals surface area contributed by atoms with Gasteiger partial charge < -0.3 is 10.2 Å². The van der Waals surface area contributed by atoms with Crippen molar-refractivity contribution in [2.75, 3.05) is 18.4 Å². The molecule has 0 saturated carbocycles. The number of aryl methyl sites for hydroxylation is 1. The lowest BCUT2D eigenvalue weighted by Gasteiger charge is -2.17. The SMILES string of the molecule is Cc1nnnn1-c1cccc(NC(=O)N2CC3CC=CCC3C2)c1. The first kappa shape index (κ1) is 14.9. The van der Waals surface area contributed by atoms with Crippen LogP contribution in [0.15, 0.2) is 36.4 Å². The molecular weight excluding hydrogens is 304 g/mol. The molecule has 2 heterocycles. The van der Waals surface area contributed by atoms with E-state index in [4.69, 9.17) is 0 Å². The summed E-state index contributed by atoms with van der Waals surface area (Å²) in [5.74, 6) is 1.92. The summed E-state index contributed by atoms with van der Waals surface area (Å²) in [6.45, 7) is 3.52. The molecule has 1 aromatic carbocycles. The van der Waals surface area contributed by atoms with E-state index < -0.39 is 0 Å². The Morgan fingerprint density at radius 1 is 1.21 bits per heavy atom. The number of likely N-dealkylation sites (tertiary alicyclic amines) is 1. The molecular formula is C17H20N6O. The zero-order chi connectivity index (χ0) is 16.5. The van der Waals surface area contributed by atoms with Crippen molar-refractivity contribution >= 4 is 11.7 Å². The van der Waals surface area contributed by atoms with Gasteiger partial charge in [0.15, 0.2) is 5.82 Å². The van der Waals surface area contributed by atoms with Gasteiger partial charge in [0, 0.05) is 18.8 Å². The Labute approximate surface area is 140 Å². The Morgan fingerprint density at radius 2 is 1.96 bits per heavy atom. The van der Waals surface area contributed by atoms with Gasteiger partial charge in [-0.05, 0) is 60.2 Å². The number of hydrogen-bond donors (Lipinski definition) is 1. The molecule has 124 valence electrons. The number of carbonyl (C=O) groups is 1. The molecule has 0 bridgehead atoms. The van der Waals surface area contributed by atoms with Gasteiger partial charge in [0.05, 0.1) is 5.69 Å². The predicted octanol–water partition coefficient (Wildman–Crippen LogP) is 2.40. The lowest BCUT2D eigenvalue weighted by Crippen LogP contribution is -2.33. The molecule has 2 amide bonds. The Hall–Kier alpha value is -2.70. The molecule has 1 fully saturated rings. The van der Waals surface area contributed by atoms with Gasteiger partial charge in [-0.1, -0.05) is 18.2 Å². The van der Waals surface area contributed by atoms with Crippen molar-refractivity contribution in [3.63, 3.8) is 0 Å². The van der Waals surface area contributed by atoms with E-state index in [1.807, 2.05) is 36.1 Å². The number of hydrogen-bond acceptors (Lipinski definition) is 4. The minimum Gasteiger partial charge on any atom is -0.324 e. The van der Waals surface area contributed by atoms with Gasteiger partial charge in [-0.25, -0.2) is 4.79 Å². The van der Waals surface area contributed by atoms with Gasteiger partial charge in [-0.15, -0.1) is 5.10 Å². The number of amides is 2. The first-order valence-electron chi connectivity index (χ1n) is 8.27. The van der Waals surface area contributed by atoms with Gasteiger partial charge in [-0.3, -0.25) is 0 Å². The van der Waals surface area contributed by atoms with Crippen molar-refractivity contribution in [1.82, 2.24) is 25.1 Å². The lowest BCUT2D eigenvalue weighted by molar-refractivity contribution is 0.220. The average molecular weight is 324 g/mol. The molecule has 7 nitrogen and oxygen atoms in total. The van der Waals surface area contributed by atoms with Crippen molar-refractivity contribution < 1.29 is 4.79 Å². The van der Waals surface area contributed by atoms with E-state index in [-0.39, 0.29) is 6.03 Å². The van der Waals surface area contributed by atoms with E-state index in [1.165, 1.54) is 0 Å². The maximum atomic E-state index is 12.6. The number of urea groups is 1. The van der Waals surface area contributed by atoms with Crippen LogP contribution >= 0.6 is 0 Å². The zero-order valence-corrected chi connectivity index (χ0v) is 13.6. The molecule has 0 radical (unpaired) electrons. The number of rotatable bonds is 2. The highest BCUT2D eigenvalue weighted by Gasteiger charge is 2.35. The molecule has 2 atom stereocenters. The van der Waals surface area contributed by atoms with Gasteiger partial charge in [-0.2, -0.15) is 4.68 Å². The van der Waals surface area contributed by atoms with Crippen LogP contribution < -0.4 is 5.32 Å². The van der Waals surface area contributed by atoms with E-state index in [2.05, 4.69) is 33.0 Å². The number of fused-ring (bicyclic) bond motifs is 1. The highest BCUT2D eigenvalue weighted by molar-refractivity contribution is 5.89. The van der Waals surface area contributed by atoms with E-state index in [0.717, 1.165) is 37.3 Å². The number of nitrogens with one attached hydrogen (secondary N) is 1. The van der Waals surface area contributed by atoms with Crippen molar-refractivity contribution in [3.05, 3.63) is 42.2 Å². The van der Waals surface area contributed by atoms with Crippen LogP contribution in [0, 0.1) is 18.8 Å². The summed E-state index contributed by atoms with van der Waals surface area (Å²) in [5.41, 5.74) is 1.58. The quantitative estimate of drug-likeness (QED) is 0.861. The lowest BCUT2D eigenvalue weighted by atomic mass is 9.86. The summed E-state index contributed by atoms with van der Waals surface area (Å²) in [4.78, 5) is 14.5. The Morgan fingerprint density at radius 3 is 2.62 bits per heavy atom. The number of benzene rings is 1. The fourth-order valence-corrected chi connectivity index (χ4v) is 3.57. The van der Waals surface area contributed by atoms with Gasteiger partial charge in [0.25, 0.3) is 0 Å². The van der Waals surface area contributed by atoms with Crippen LogP contribution in [-0.4, -0.2) is 44.2 Å². The van der Waals surface area contributed by atoms with Gasteiger partial charge >= 0.3 is 6.03 Å². The van der Waals surface area contributed by atoms with Gasteiger partial charge in [0.2, 0.25) is 0 Å². The van der Waals surface area contributed by atoms with E-state index in [1.54, 1.807) is 4.68 Å². The standard InChI is InChI=1S/C17H20N6O/c1-12-19-20-21-23(12)16-8-4-7-15(9-16)18-17(24)22-10-13-5-2-3-6-14(13)11-22/h2-4,7-9,13-14H,5-6,10-11H2,1H3,(H,18,24). The number of allylic oxidation sites excluding steroid dienone is 2. The third-order valence-corrected chi connectivity index (χ3v) is 4.88. The number of nitrogens with zero attached hydrogens (tertiary/aromatic N) is 5. The Bertz CT molecular complexity index is 767. The van der Waals surface area contributed by atoms with Crippen LogP contribution in [0.2, 0.25) is 0 Å². The summed E-state index contributed by atoms with van der Waals surface area (Å²) >= 11 is 0. The summed E-state index contributed by atoms with van der Waals surface area (Å²) in [7, 11) is 0. The molecule has 0 spiro atoms. The van der Waals surface area contributed by atoms with Crippen LogP contribution in [0.3, 0.4) is 0 Å². The number of tetrazole rings is 1. The molecule has 7 heteroatoms. The second-order valence-electron chi connectivity index (χ2n) is 6.49. The second kappa shape index (κ2) is 6.07. The summed E-state index contributed by atoms with van der Waals surface area (Å²) in [6, 6.07) is 7.53. The highest BCUT2D eigenvalue weighted by atomic mass is 16.2. The van der Waals surface area contributed by atoms with Crippen molar-refractivity contribution in [2.24, 2.45) is 11.8 Å². The Balaban J connectivity index is 1.46. The van der Waals surface area contributed by atoms with Gasteiger partial charge in [0.1, 0.15) is 0 Å². The van der Waals surface area contributed by atoms with Crippen molar-refractivity contribution in [1.29, 1.82) is 0 Å². The molecule has 2 unspecified atom stereocenters. The summed E-state index contributed by atoms with van der Waals surface area (Å²) in [6.07, 6.45) is 6.64. The van der Waals surface area contributed by atoms with Crippen LogP contribution in [0.1, 0.15) is 18.7 Å². The molecule has 1 N–H and O–H groups in total. The van der Waals surface area contributed by atoms with Crippen molar-refractivity contribution in [3.8, 4) is 5.69 Å². The maximum absolute atomic E-state index is 12.6. The normalized spacial score (nSPS) is 22.5. The van der Waals surface area contributed by atoms with E-state index in [0.29, 0.717) is 17.7 Å². The first-order valence-corrected chi connectivity index (χ1v) is 8.27. The average Bonchev–Trinajstić information content (AvgIpc) is 3.21. The second-order valence-corrected chi connectivity index (χ2v) is 6.49. The third-order valence-electron chi connectivity index (χ3n) is 4.88. The molecule has 1 aliphatic carbocycles. The van der Waals surface area contributed by atoms with E-state index in [9.17, 15) is 4.79 Å². The van der Waals surface area contributed by atoms with Crippen molar-refractivity contribution in [2.45, 2.75) is 19.8 Å². The molecule has 1 saturated heterocycles. The number of aromatic nitrogens is 4. The zero-order valence-electron chi connectivity index (χ0n) is 13.6. The topological polar surface area (TPSA) is 75.9 Å². The number of carbonyl (C=O) groups excluding carboxylic acids is 1. The fraction of sp³-hybridized carbons (Fsp3) is 0.412. The summed E-state index contributed by atoms with van der Waals surface area (Å²) in [5, 5.41) is 14.5. The highest BCUT2D eigenvalue weighted by Crippen LogP contribution is 2.33.